The first kappa shape index (κ1) is 22.4. The highest BCUT2D eigenvalue weighted by molar-refractivity contribution is 5.83. The van der Waals surface area contributed by atoms with Crippen LogP contribution in [0.3, 0.4) is 0 Å². The molecule has 0 saturated carbocycles. The first-order chi connectivity index (χ1) is 14.3. The summed E-state index contributed by atoms with van der Waals surface area (Å²) in [5.41, 5.74) is -2.84. The second-order valence-corrected chi connectivity index (χ2v) is 6.95. The molecule has 1 saturated heterocycles. The fourth-order valence-corrected chi connectivity index (χ4v) is 3.13. The van der Waals surface area contributed by atoms with Crippen molar-refractivity contribution in [3.8, 4) is 0 Å². The molecule has 1 aliphatic rings. The number of H-pyrrole nitrogens is 1. The van der Waals surface area contributed by atoms with E-state index in [2.05, 4.69) is 9.97 Å². The van der Waals surface area contributed by atoms with E-state index >= 15 is 0 Å². The predicted molar refractivity (Wildman–Crippen MR) is 92.9 cm³/mol. The molecule has 2 amide bonds. The van der Waals surface area contributed by atoms with E-state index < -0.39 is 35.5 Å². The monoisotopic (exact) mass is 450 g/mol. The predicted octanol–water partition coefficient (Wildman–Crippen LogP) is 3.36. The molecule has 0 bridgehead atoms. The van der Waals surface area contributed by atoms with Gasteiger partial charge >= 0.3 is 18.4 Å². The van der Waals surface area contributed by atoms with Crippen LogP contribution >= 0.6 is 0 Å². The van der Waals surface area contributed by atoms with Crippen molar-refractivity contribution in [1.82, 2.24) is 19.8 Å². The number of halogens is 6. The lowest BCUT2D eigenvalue weighted by atomic mass is 10.0. The van der Waals surface area contributed by atoms with E-state index in [1.165, 1.54) is 11.1 Å². The minimum atomic E-state index is -4.94. The summed E-state index contributed by atoms with van der Waals surface area (Å²) in [7, 11) is 0. The van der Waals surface area contributed by atoms with Crippen LogP contribution in [-0.4, -0.2) is 56.5 Å². The number of nitrogens with one attached hydrogen (secondary N) is 1. The standard InChI is InChI=1S/C18H16F6N4O3/c19-17(20,21)11-3-10(4-12(6-11)18(22,23)24)5-13-7-25-14(26-13)8-27-1-2-28(16(30)31)9-15(27)29/h3-4,6-7H,1-2,5,8-9H2,(H,25,26)(H,30,31). The van der Waals surface area contributed by atoms with Gasteiger partial charge in [-0.2, -0.15) is 26.3 Å². The number of carbonyl (C=O) groups excluding carboxylic acids is 1. The maximum absolute atomic E-state index is 13.0. The summed E-state index contributed by atoms with van der Waals surface area (Å²) < 4.78 is 77.9. The number of aromatic nitrogens is 2. The zero-order valence-corrected chi connectivity index (χ0v) is 15.7. The van der Waals surface area contributed by atoms with Gasteiger partial charge in [0.25, 0.3) is 0 Å². The summed E-state index contributed by atoms with van der Waals surface area (Å²) in [4.78, 5) is 32.1. The van der Waals surface area contributed by atoms with Gasteiger partial charge in [0, 0.05) is 25.7 Å². The van der Waals surface area contributed by atoms with Gasteiger partial charge in [-0.25, -0.2) is 9.78 Å². The summed E-state index contributed by atoms with van der Waals surface area (Å²) in [6.07, 6.45) is -10.0. The average Bonchev–Trinajstić information content (AvgIpc) is 3.08. The van der Waals surface area contributed by atoms with Crippen molar-refractivity contribution in [2.45, 2.75) is 25.3 Å². The molecule has 1 aromatic heterocycles. The number of nitrogens with zero attached hydrogens (tertiary/aromatic N) is 3. The quantitative estimate of drug-likeness (QED) is 0.700. The van der Waals surface area contributed by atoms with Crippen LogP contribution in [0.2, 0.25) is 0 Å². The van der Waals surface area contributed by atoms with Crippen LogP contribution in [0.15, 0.2) is 24.4 Å². The van der Waals surface area contributed by atoms with Gasteiger partial charge in [-0.05, 0) is 23.8 Å². The van der Waals surface area contributed by atoms with Gasteiger partial charge in [0.2, 0.25) is 5.91 Å². The lowest BCUT2D eigenvalue weighted by Crippen LogP contribution is -2.51. The van der Waals surface area contributed by atoms with Crippen LogP contribution in [-0.2, 0) is 30.1 Å². The van der Waals surface area contributed by atoms with Crippen molar-refractivity contribution < 1.29 is 41.0 Å². The molecule has 1 fully saturated rings. The largest absolute Gasteiger partial charge is 0.465 e. The molecule has 168 valence electrons. The van der Waals surface area contributed by atoms with Crippen LogP contribution in [0.1, 0.15) is 28.2 Å². The van der Waals surface area contributed by atoms with Crippen LogP contribution in [0.25, 0.3) is 0 Å². The Bertz CT molecular complexity index is 953. The molecule has 0 spiro atoms. The van der Waals surface area contributed by atoms with Gasteiger partial charge in [0.05, 0.1) is 23.4 Å². The Morgan fingerprint density at radius 3 is 2.19 bits per heavy atom. The molecule has 31 heavy (non-hydrogen) atoms. The Morgan fingerprint density at radius 1 is 1.06 bits per heavy atom. The number of rotatable bonds is 4. The maximum atomic E-state index is 13.0. The first-order valence-electron chi connectivity index (χ1n) is 8.90. The summed E-state index contributed by atoms with van der Waals surface area (Å²) >= 11 is 0. The number of piperazine rings is 1. The number of aromatic amines is 1. The van der Waals surface area contributed by atoms with Crippen LogP contribution in [0.5, 0.6) is 0 Å². The van der Waals surface area contributed by atoms with E-state index in [1.54, 1.807) is 0 Å². The second-order valence-electron chi connectivity index (χ2n) is 6.95. The number of hydrogen-bond acceptors (Lipinski definition) is 3. The SMILES string of the molecule is O=C(O)N1CCN(Cc2nc(Cc3cc(C(F)(F)F)cc(C(F)(F)F)c3)c[nH]2)C(=O)C1. The van der Waals surface area contributed by atoms with E-state index in [0.717, 1.165) is 4.90 Å². The highest BCUT2D eigenvalue weighted by atomic mass is 19.4. The molecule has 1 aliphatic heterocycles. The van der Waals surface area contributed by atoms with E-state index in [0.29, 0.717) is 12.1 Å². The summed E-state index contributed by atoms with van der Waals surface area (Å²) in [5.74, 6) is -0.172. The molecule has 0 aliphatic carbocycles. The van der Waals surface area contributed by atoms with Crippen LogP contribution < -0.4 is 0 Å². The van der Waals surface area contributed by atoms with Crippen molar-refractivity contribution in [1.29, 1.82) is 0 Å². The molecule has 0 radical (unpaired) electrons. The summed E-state index contributed by atoms with van der Waals surface area (Å²) in [5, 5.41) is 8.91. The van der Waals surface area contributed by atoms with Crippen LogP contribution in [0, 0.1) is 0 Å². The first-order valence-corrected chi connectivity index (χ1v) is 8.90. The van der Waals surface area contributed by atoms with Crippen molar-refractivity contribution in [3.63, 3.8) is 0 Å². The molecule has 0 unspecified atom stereocenters. The van der Waals surface area contributed by atoms with Crippen molar-refractivity contribution in [2.24, 2.45) is 0 Å². The number of alkyl halides is 6. The normalized spacial score (nSPS) is 15.5. The second kappa shape index (κ2) is 8.12. The van der Waals surface area contributed by atoms with Gasteiger partial charge in [-0.15, -0.1) is 0 Å². The molecule has 7 nitrogen and oxygen atoms in total. The Kier molecular flexibility index (Phi) is 5.87. The Balaban J connectivity index is 1.74. The molecular weight excluding hydrogens is 434 g/mol. The lowest BCUT2D eigenvalue weighted by Gasteiger charge is -2.32. The molecule has 2 aromatic rings. The van der Waals surface area contributed by atoms with E-state index in [9.17, 15) is 35.9 Å². The minimum absolute atomic E-state index is 0.00266. The third-order valence-electron chi connectivity index (χ3n) is 4.65. The zero-order chi connectivity index (χ0) is 23.0. The molecule has 2 N–H and O–H groups in total. The number of carbonyl (C=O) groups is 2. The topological polar surface area (TPSA) is 89.5 Å². The molecule has 0 atom stereocenters. The third-order valence-corrected chi connectivity index (χ3v) is 4.65. The third kappa shape index (κ3) is 5.47. The average molecular weight is 450 g/mol. The molecule has 1 aromatic carbocycles. The molecule has 13 heteroatoms. The van der Waals surface area contributed by atoms with Gasteiger partial charge < -0.3 is 15.0 Å². The smallest absolute Gasteiger partial charge is 0.416 e. The summed E-state index contributed by atoms with van der Waals surface area (Å²) in [6, 6.07) is 1.33. The van der Waals surface area contributed by atoms with Crippen molar-refractivity contribution in [2.75, 3.05) is 19.6 Å². The van der Waals surface area contributed by atoms with E-state index in [1.807, 2.05) is 0 Å². The number of benzene rings is 1. The fourth-order valence-electron chi connectivity index (χ4n) is 3.13. The lowest BCUT2D eigenvalue weighted by molar-refractivity contribution is -0.143. The van der Waals surface area contributed by atoms with Gasteiger partial charge in [0.15, 0.2) is 0 Å². The van der Waals surface area contributed by atoms with Gasteiger partial charge in [0.1, 0.15) is 12.4 Å². The number of imidazole rings is 1. The fraction of sp³-hybridized carbons (Fsp3) is 0.389. The van der Waals surface area contributed by atoms with Gasteiger partial charge in [-0.3, -0.25) is 9.69 Å². The summed E-state index contributed by atoms with van der Waals surface area (Å²) in [6.45, 7) is -0.0706. The Labute approximate surface area is 171 Å². The molecule has 3 rings (SSSR count). The number of hydrogen-bond donors (Lipinski definition) is 2. The molecule has 2 heterocycles. The van der Waals surface area contributed by atoms with Crippen molar-refractivity contribution in [3.05, 3.63) is 52.6 Å². The highest BCUT2D eigenvalue weighted by Crippen LogP contribution is 2.36. The minimum Gasteiger partial charge on any atom is -0.465 e. The highest BCUT2D eigenvalue weighted by Gasteiger charge is 2.37. The van der Waals surface area contributed by atoms with E-state index in [4.69, 9.17) is 5.11 Å². The number of carboxylic acid groups (broad SMARTS) is 1. The van der Waals surface area contributed by atoms with Crippen LogP contribution in [0.4, 0.5) is 31.1 Å². The zero-order valence-electron chi connectivity index (χ0n) is 15.7. The maximum Gasteiger partial charge on any atom is 0.416 e. The Hall–Kier alpha value is -3.25. The van der Waals surface area contributed by atoms with E-state index in [-0.39, 0.29) is 55.7 Å². The van der Waals surface area contributed by atoms with Gasteiger partial charge in [-0.1, -0.05) is 0 Å². The van der Waals surface area contributed by atoms with Crippen molar-refractivity contribution >= 4 is 12.0 Å². The molecular formula is C18H16F6N4O3. The number of amides is 2. The Morgan fingerprint density at radius 2 is 1.68 bits per heavy atom.